The van der Waals surface area contributed by atoms with Crippen LogP contribution in [-0.2, 0) is 4.74 Å². The Balaban J connectivity index is 2.54. The molecule has 1 aliphatic heterocycles. The Hall–Kier alpha value is -0.120. The molecule has 0 aromatic heterocycles. The first-order valence-electron chi connectivity index (χ1n) is 5.43. The standard InChI is InChI=1S/C12H20BrNO/c1-10(4-5-11(2)13)12(3)14-6-8-15-9-7-14/h4-5,12H,6-9H2,1-3H3. The second-order valence-corrected chi connectivity index (χ2v) is 5.24. The molecule has 0 radical (unpaired) electrons. The minimum absolute atomic E-state index is 0.511. The van der Waals surface area contributed by atoms with Crippen molar-refractivity contribution in [3.05, 3.63) is 22.2 Å². The number of nitrogens with zero attached hydrogens (tertiary/aromatic N) is 1. The minimum Gasteiger partial charge on any atom is -0.379 e. The van der Waals surface area contributed by atoms with Gasteiger partial charge in [-0.25, -0.2) is 0 Å². The lowest BCUT2D eigenvalue weighted by molar-refractivity contribution is 0.0268. The molecule has 1 saturated heterocycles. The average molecular weight is 274 g/mol. The van der Waals surface area contributed by atoms with Crippen molar-refractivity contribution in [2.45, 2.75) is 26.8 Å². The largest absolute Gasteiger partial charge is 0.379 e. The number of rotatable bonds is 3. The van der Waals surface area contributed by atoms with Gasteiger partial charge in [-0.3, -0.25) is 4.90 Å². The van der Waals surface area contributed by atoms with Crippen LogP contribution >= 0.6 is 15.9 Å². The Labute approximate surface area is 101 Å². The van der Waals surface area contributed by atoms with E-state index in [1.807, 2.05) is 6.92 Å². The van der Waals surface area contributed by atoms with Crippen LogP contribution in [-0.4, -0.2) is 37.2 Å². The number of hydrogen-bond acceptors (Lipinski definition) is 2. The maximum Gasteiger partial charge on any atom is 0.0594 e. The maximum absolute atomic E-state index is 5.35. The van der Waals surface area contributed by atoms with Gasteiger partial charge in [-0.1, -0.05) is 33.7 Å². The van der Waals surface area contributed by atoms with Gasteiger partial charge in [0.15, 0.2) is 0 Å². The van der Waals surface area contributed by atoms with E-state index in [0.29, 0.717) is 6.04 Å². The zero-order chi connectivity index (χ0) is 11.3. The average Bonchev–Trinajstić information content (AvgIpc) is 2.26. The molecule has 15 heavy (non-hydrogen) atoms. The number of morpholine rings is 1. The fourth-order valence-electron chi connectivity index (χ4n) is 1.64. The second-order valence-electron chi connectivity index (χ2n) is 3.99. The summed E-state index contributed by atoms with van der Waals surface area (Å²) >= 11 is 3.43. The molecule has 0 spiro atoms. The van der Waals surface area contributed by atoms with E-state index in [0.717, 1.165) is 30.8 Å². The second kappa shape index (κ2) is 6.46. The Bertz CT molecular complexity index is 250. The van der Waals surface area contributed by atoms with Crippen molar-refractivity contribution in [3.63, 3.8) is 0 Å². The van der Waals surface area contributed by atoms with Crippen LogP contribution in [0.25, 0.3) is 0 Å². The van der Waals surface area contributed by atoms with E-state index in [-0.39, 0.29) is 0 Å². The molecule has 0 saturated carbocycles. The monoisotopic (exact) mass is 273 g/mol. The van der Waals surface area contributed by atoms with Gasteiger partial charge >= 0.3 is 0 Å². The molecule has 0 aromatic rings. The molecule has 1 heterocycles. The topological polar surface area (TPSA) is 12.5 Å². The van der Waals surface area contributed by atoms with E-state index in [2.05, 4.69) is 46.8 Å². The summed E-state index contributed by atoms with van der Waals surface area (Å²) in [5.41, 5.74) is 1.40. The molecular weight excluding hydrogens is 254 g/mol. The minimum atomic E-state index is 0.511. The van der Waals surface area contributed by atoms with Crippen LogP contribution < -0.4 is 0 Å². The first kappa shape index (κ1) is 12.9. The molecule has 1 rings (SSSR count). The summed E-state index contributed by atoms with van der Waals surface area (Å²) in [6.07, 6.45) is 4.29. The third-order valence-corrected chi connectivity index (χ3v) is 3.09. The van der Waals surface area contributed by atoms with E-state index in [4.69, 9.17) is 4.74 Å². The Kier molecular flexibility index (Phi) is 5.58. The number of hydrogen-bond donors (Lipinski definition) is 0. The van der Waals surface area contributed by atoms with Gasteiger partial charge in [-0.15, -0.1) is 0 Å². The SMILES string of the molecule is CC(Br)=CC=C(C)C(C)N1CCOCC1. The summed E-state index contributed by atoms with van der Waals surface area (Å²) in [4.78, 5) is 2.47. The van der Waals surface area contributed by atoms with Crippen molar-refractivity contribution in [3.8, 4) is 0 Å². The molecule has 0 N–H and O–H groups in total. The van der Waals surface area contributed by atoms with Gasteiger partial charge in [0, 0.05) is 19.1 Å². The fraction of sp³-hybridized carbons (Fsp3) is 0.667. The van der Waals surface area contributed by atoms with Gasteiger partial charge in [-0.2, -0.15) is 0 Å². The van der Waals surface area contributed by atoms with Gasteiger partial charge < -0.3 is 4.74 Å². The van der Waals surface area contributed by atoms with E-state index in [1.54, 1.807) is 0 Å². The third kappa shape index (κ3) is 4.49. The number of ether oxygens (including phenoxy) is 1. The normalized spacial score (nSPS) is 22.9. The molecule has 1 atom stereocenters. The van der Waals surface area contributed by atoms with Crippen molar-refractivity contribution in [2.24, 2.45) is 0 Å². The molecule has 0 aromatic carbocycles. The van der Waals surface area contributed by atoms with Gasteiger partial charge in [-0.05, 0) is 25.3 Å². The predicted octanol–water partition coefficient (Wildman–Crippen LogP) is 2.95. The van der Waals surface area contributed by atoms with Crippen LogP contribution in [0.1, 0.15) is 20.8 Å². The molecule has 86 valence electrons. The van der Waals surface area contributed by atoms with Crippen molar-refractivity contribution in [2.75, 3.05) is 26.3 Å². The van der Waals surface area contributed by atoms with E-state index in [1.165, 1.54) is 5.57 Å². The van der Waals surface area contributed by atoms with Gasteiger partial charge in [0.2, 0.25) is 0 Å². The van der Waals surface area contributed by atoms with Gasteiger partial charge in [0.05, 0.1) is 13.2 Å². The van der Waals surface area contributed by atoms with Crippen LogP contribution in [0.4, 0.5) is 0 Å². The molecule has 0 bridgehead atoms. The summed E-state index contributed by atoms with van der Waals surface area (Å²) in [5.74, 6) is 0. The first-order valence-corrected chi connectivity index (χ1v) is 6.23. The molecule has 0 aliphatic carbocycles. The van der Waals surface area contributed by atoms with Crippen molar-refractivity contribution in [1.82, 2.24) is 4.90 Å². The lowest BCUT2D eigenvalue weighted by Crippen LogP contribution is -2.42. The molecule has 2 nitrogen and oxygen atoms in total. The van der Waals surface area contributed by atoms with Crippen molar-refractivity contribution in [1.29, 1.82) is 0 Å². The molecule has 1 aliphatic rings. The number of allylic oxidation sites excluding steroid dienone is 3. The summed E-state index contributed by atoms with van der Waals surface area (Å²) in [5, 5.41) is 0. The Morgan fingerprint density at radius 2 is 1.87 bits per heavy atom. The number of halogens is 1. The van der Waals surface area contributed by atoms with Crippen LogP contribution in [0.15, 0.2) is 22.2 Å². The highest BCUT2D eigenvalue weighted by Crippen LogP contribution is 2.13. The first-order chi connectivity index (χ1) is 7.11. The maximum atomic E-state index is 5.35. The zero-order valence-electron chi connectivity index (χ0n) is 9.79. The molecule has 1 unspecified atom stereocenters. The van der Waals surface area contributed by atoms with Gasteiger partial charge in [0.1, 0.15) is 0 Å². The van der Waals surface area contributed by atoms with Crippen LogP contribution in [0.3, 0.4) is 0 Å². The third-order valence-electron chi connectivity index (χ3n) is 2.83. The Morgan fingerprint density at radius 3 is 2.40 bits per heavy atom. The van der Waals surface area contributed by atoms with E-state index >= 15 is 0 Å². The Morgan fingerprint density at radius 1 is 1.27 bits per heavy atom. The fourth-order valence-corrected chi connectivity index (χ4v) is 1.77. The highest BCUT2D eigenvalue weighted by atomic mass is 79.9. The molecule has 0 amide bonds. The van der Waals surface area contributed by atoms with E-state index in [9.17, 15) is 0 Å². The summed E-state index contributed by atoms with van der Waals surface area (Å²) in [6, 6.07) is 0.511. The summed E-state index contributed by atoms with van der Waals surface area (Å²) in [7, 11) is 0. The lowest BCUT2D eigenvalue weighted by atomic mass is 10.1. The zero-order valence-corrected chi connectivity index (χ0v) is 11.4. The summed E-state index contributed by atoms with van der Waals surface area (Å²) < 4.78 is 6.51. The quantitative estimate of drug-likeness (QED) is 0.734. The van der Waals surface area contributed by atoms with Crippen LogP contribution in [0.2, 0.25) is 0 Å². The molecule has 1 fully saturated rings. The highest BCUT2D eigenvalue weighted by Gasteiger charge is 2.17. The highest BCUT2D eigenvalue weighted by molar-refractivity contribution is 9.11. The van der Waals surface area contributed by atoms with Crippen molar-refractivity contribution >= 4 is 15.9 Å². The smallest absolute Gasteiger partial charge is 0.0594 e. The van der Waals surface area contributed by atoms with Crippen LogP contribution in [0, 0.1) is 0 Å². The molecule has 3 heteroatoms. The van der Waals surface area contributed by atoms with Crippen molar-refractivity contribution < 1.29 is 4.74 Å². The summed E-state index contributed by atoms with van der Waals surface area (Å²) in [6.45, 7) is 10.3. The van der Waals surface area contributed by atoms with Crippen LogP contribution in [0.5, 0.6) is 0 Å². The molecular formula is C12H20BrNO. The predicted molar refractivity (Wildman–Crippen MR) is 68.3 cm³/mol. The lowest BCUT2D eigenvalue weighted by Gasteiger charge is -2.32. The van der Waals surface area contributed by atoms with Gasteiger partial charge in [0.25, 0.3) is 0 Å². The van der Waals surface area contributed by atoms with E-state index < -0.39 is 0 Å².